The first-order valence-electron chi connectivity index (χ1n) is 10.8. The van der Waals surface area contributed by atoms with Crippen molar-refractivity contribution in [1.82, 2.24) is 5.32 Å². The zero-order chi connectivity index (χ0) is 22.7. The van der Waals surface area contributed by atoms with Gasteiger partial charge in [-0.05, 0) is 93.4 Å². The molecular weight excluding hydrogens is 442 g/mol. The maximum Gasteiger partial charge on any atom is 0.293 e. The topological polar surface area (TPSA) is 57.5 Å². The number of amides is 1. The van der Waals surface area contributed by atoms with Crippen LogP contribution in [0.5, 0.6) is 0 Å². The number of piperidine rings is 1. The molecular formula is C25H26ClN3O2S. The van der Waals surface area contributed by atoms with E-state index in [2.05, 4.69) is 34.6 Å². The number of nitrogens with zero attached hydrogens (tertiary/aromatic N) is 1. The van der Waals surface area contributed by atoms with E-state index < -0.39 is 5.91 Å². The Balaban J connectivity index is 1.35. The molecule has 5 nitrogen and oxygen atoms in total. The highest BCUT2D eigenvalue weighted by atomic mass is 35.5. The first kappa shape index (κ1) is 22.4. The third-order valence-electron chi connectivity index (χ3n) is 5.77. The molecule has 0 radical (unpaired) electrons. The molecule has 2 aromatic carbocycles. The molecule has 3 aromatic rings. The van der Waals surface area contributed by atoms with Gasteiger partial charge in [-0.2, -0.15) is 0 Å². The van der Waals surface area contributed by atoms with E-state index in [4.69, 9.17) is 28.2 Å². The van der Waals surface area contributed by atoms with E-state index in [1.165, 1.54) is 24.9 Å². The van der Waals surface area contributed by atoms with E-state index >= 15 is 0 Å². The van der Waals surface area contributed by atoms with E-state index in [0.29, 0.717) is 16.8 Å². The van der Waals surface area contributed by atoms with E-state index in [0.717, 1.165) is 23.4 Å². The molecule has 0 spiro atoms. The smallest absolute Gasteiger partial charge is 0.293 e. The SMILES string of the molecule is Cc1ccc(-c2ccc(C(=O)NC(=S)Nc3ccc(N4CCCC[C@@H]4C)cc3)o2)cc1Cl. The first-order chi connectivity index (χ1) is 15.4. The van der Waals surface area contributed by atoms with Crippen LogP contribution in [-0.2, 0) is 0 Å². The molecule has 1 aliphatic heterocycles. The number of furan rings is 1. The summed E-state index contributed by atoms with van der Waals surface area (Å²) in [5, 5.41) is 6.59. The number of hydrogen-bond acceptors (Lipinski definition) is 4. The van der Waals surface area contributed by atoms with Crippen LogP contribution in [0.25, 0.3) is 11.3 Å². The Hall–Kier alpha value is -2.83. The van der Waals surface area contributed by atoms with Crippen LogP contribution in [-0.4, -0.2) is 23.6 Å². The summed E-state index contributed by atoms with van der Waals surface area (Å²) in [6.45, 7) is 5.29. The Morgan fingerprint density at radius 2 is 1.91 bits per heavy atom. The molecule has 1 aliphatic rings. The molecule has 1 saturated heterocycles. The number of halogens is 1. The van der Waals surface area contributed by atoms with Gasteiger partial charge in [0.2, 0.25) is 0 Å². The molecule has 0 unspecified atom stereocenters. The molecule has 32 heavy (non-hydrogen) atoms. The van der Waals surface area contributed by atoms with Gasteiger partial charge < -0.3 is 14.6 Å². The fraction of sp³-hybridized carbons (Fsp3) is 0.280. The van der Waals surface area contributed by atoms with E-state index in [-0.39, 0.29) is 10.9 Å². The fourth-order valence-corrected chi connectivity index (χ4v) is 4.30. The lowest BCUT2D eigenvalue weighted by molar-refractivity contribution is 0.0951. The molecule has 0 aliphatic carbocycles. The second-order valence-electron chi connectivity index (χ2n) is 8.12. The lowest BCUT2D eigenvalue weighted by atomic mass is 10.0. The number of thiocarbonyl (C=S) groups is 1. The average Bonchev–Trinajstić information content (AvgIpc) is 3.27. The molecule has 2 N–H and O–H groups in total. The fourth-order valence-electron chi connectivity index (χ4n) is 3.91. The number of benzene rings is 2. The van der Waals surface area contributed by atoms with Crippen LogP contribution in [0.1, 0.15) is 42.3 Å². The summed E-state index contributed by atoms with van der Waals surface area (Å²) in [4.78, 5) is 15.0. The Kier molecular flexibility index (Phi) is 6.82. The van der Waals surface area contributed by atoms with Crippen molar-refractivity contribution in [3.8, 4) is 11.3 Å². The van der Waals surface area contributed by atoms with Crippen molar-refractivity contribution in [2.24, 2.45) is 0 Å². The minimum Gasteiger partial charge on any atom is -0.451 e. The van der Waals surface area contributed by atoms with Gasteiger partial charge in [-0.15, -0.1) is 0 Å². The van der Waals surface area contributed by atoms with E-state index in [9.17, 15) is 4.79 Å². The van der Waals surface area contributed by atoms with Gasteiger partial charge in [-0.1, -0.05) is 23.7 Å². The van der Waals surface area contributed by atoms with Crippen molar-refractivity contribution in [2.45, 2.75) is 39.2 Å². The Labute approximate surface area is 198 Å². The number of aryl methyl sites for hydroxylation is 1. The Morgan fingerprint density at radius 1 is 1.12 bits per heavy atom. The molecule has 166 valence electrons. The van der Waals surface area contributed by atoms with Crippen LogP contribution in [0.2, 0.25) is 5.02 Å². The monoisotopic (exact) mass is 467 g/mol. The summed E-state index contributed by atoms with van der Waals surface area (Å²) in [5.74, 6) is 0.333. The van der Waals surface area contributed by atoms with E-state index in [1.807, 2.05) is 37.3 Å². The molecule has 1 aromatic heterocycles. The summed E-state index contributed by atoms with van der Waals surface area (Å²) >= 11 is 11.5. The highest BCUT2D eigenvalue weighted by Crippen LogP contribution is 2.27. The van der Waals surface area contributed by atoms with Crippen molar-refractivity contribution >= 4 is 46.2 Å². The summed E-state index contributed by atoms with van der Waals surface area (Å²) in [5.41, 5.74) is 3.81. The highest BCUT2D eigenvalue weighted by molar-refractivity contribution is 7.80. The molecule has 2 heterocycles. The summed E-state index contributed by atoms with van der Waals surface area (Å²) < 4.78 is 5.71. The predicted molar refractivity (Wildman–Crippen MR) is 135 cm³/mol. The lowest BCUT2D eigenvalue weighted by Crippen LogP contribution is -2.37. The normalized spacial score (nSPS) is 16.0. The van der Waals surface area contributed by atoms with Gasteiger partial charge in [-0.25, -0.2) is 0 Å². The molecule has 4 rings (SSSR count). The van der Waals surface area contributed by atoms with Crippen molar-refractivity contribution in [2.75, 3.05) is 16.8 Å². The van der Waals surface area contributed by atoms with Gasteiger partial charge in [0.05, 0.1) is 0 Å². The quantitative estimate of drug-likeness (QED) is 0.434. The zero-order valence-electron chi connectivity index (χ0n) is 18.2. The second-order valence-corrected chi connectivity index (χ2v) is 8.94. The van der Waals surface area contributed by atoms with Crippen molar-refractivity contribution < 1.29 is 9.21 Å². The summed E-state index contributed by atoms with van der Waals surface area (Å²) in [6.07, 6.45) is 3.74. The number of hydrogen-bond donors (Lipinski definition) is 2. The maximum absolute atomic E-state index is 12.5. The molecule has 0 saturated carbocycles. The molecule has 7 heteroatoms. The summed E-state index contributed by atoms with van der Waals surface area (Å²) in [6, 6.07) is 17.7. The van der Waals surface area contributed by atoms with Crippen LogP contribution in [0.3, 0.4) is 0 Å². The van der Waals surface area contributed by atoms with E-state index in [1.54, 1.807) is 12.1 Å². The average molecular weight is 468 g/mol. The molecule has 1 atom stereocenters. The Morgan fingerprint density at radius 3 is 2.62 bits per heavy atom. The van der Waals surface area contributed by atoms with Crippen molar-refractivity contribution in [3.63, 3.8) is 0 Å². The molecule has 0 bridgehead atoms. The standard InChI is InChI=1S/C25H26ClN3O2S/c1-16-6-7-18(15-21(16)26)22-12-13-23(31-22)24(30)28-25(32)27-19-8-10-20(11-9-19)29-14-4-3-5-17(29)2/h6-13,15,17H,3-5,14H2,1-2H3,(H2,27,28,30,32)/t17-/m0/s1. The van der Waals surface area contributed by atoms with Crippen molar-refractivity contribution in [3.05, 3.63) is 70.9 Å². The molecule has 1 amide bonds. The van der Waals surface area contributed by atoms with Crippen LogP contribution < -0.4 is 15.5 Å². The second kappa shape index (κ2) is 9.76. The number of carbonyl (C=O) groups is 1. The largest absolute Gasteiger partial charge is 0.451 e. The number of carbonyl (C=O) groups excluding carboxylic acids is 1. The number of anilines is 2. The van der Waals surface area contributed by atoms with Gasteiger partial charge in [-0.3, -0.25) is 10.1 Å². The summed E-state index contributed by atoms with van der Waals surface area (Å²) in [7, 11) is 0. The van der Waals surface area contributed by atoms with Crippen LogP contribution in [0, 0.1) is 6.92 Å². The maximum atomic E-state index is 12.5. The van der Waals surface area contributed by atoms with Crippen LogP contribution in [0.15, 0.2) is 59.0 Å². The third kappa shape index (κ3) is 5.14. The van der Waals surface area contributed by atoms with Gasteiger partial charge in [0.25, 0.3) is 5.91 Å². The van der Waals surface area contributed by atoms with Gasteiger partial charge in [0.1, 0.15) is 5.76 Å². The van der Waals surface area contributed by atoms with Crippen LogP contribution in [0.4, 0.5) is 11.4 Å². The van der Waals surface area contributed by atoms with Gasteiger partial charge >= 0.3 is 0 Å². The predicted octanol–water partition coefficient (Wildman–Crippen LogP) is 6.41. The number of nitrogens with one attached hydrogen (secondary N) is 2. The third-order valence-corrected chi connectivity index (χ3v) is 6.38. The zero-order valence-corrected chi connectivity index (χ0v) is 19.7. The first-order valence-corrected chi connectivity index (χ1v) is 11.5. The Bertz CT molecular complexity index is 1130. The minimum atomic E-state index is -0.411. The number of rotatable bonds is 4. The van der Waals surface area contributed by atoms with Crippen LogP contribution >= 0.6 is 23.8 Å². The van der Waals surface area contributed by atoms with Gasteiger partial charge in [0, 0.05) is 34.5 Å². The highest BCUT2D eigenvalue weighted by Gasteiger charge is 2.18. The lowest BCUT2D eigenvalue weighted by Gasteiger charge is -2.35. The molecule has 1 fully saturated rings. The minimum absolute atomic E-state index is 0.176. The van der Waals surface area contributed by atoms with Crippen molar-refractivity contribution in [1.29, 1.82) is 0 Å². The van der Waals surface area contributed by atoms with Gasteiger partial charge in [0.15, 0.2) is 10.9 Å².